The van der Waals surface area contributed by atoms with Crippen LogP contribution >= 0.6 is 0 Å². The zero-order chi connectivity index (χ0) is 13.8. The predicted octanol–water partition coefficient (Wildman–Crippen LogP) is 3.62. The third-order valence-electron chi connectivity index (χ3n) is 3.99. The Morgan fingerprint density at radius 2 is 1.95 bits per heavy atom. The molecule has 1 fully saturated rings. The lowest BCUT2D eigenvalue weighted by Gasteiger charge is -2.33. The van der Waals surface area contributed by atoms with Crippen molar-refractivity contribution in [3.63, 3.8) is 0 Å². The Kier molecular flexibility index (Phi) is 4.76. The first kappa shape index (κ1) is 14.3. The van der Waals surface area contributed by atoms with Gasteiger partial charge in [-0.2, -0.15) is 5.26 Å². The average Bonchev–Trinajstić information content (AvgIpc) is 2.46. The molecule has 1 aromatic carbocycles. The molecule has 0 N–H and O–H groups in total. The molecule has 4 atom stereocenters. The molecule has 1 aromatic rings. The Labute approximate surface area is 118 Å². The number of nitriles is 1. The number of nitrogens with zero attached hydrogens (tertiary/aromatic N) is 1. The van der Waals surface area contributed by atoms with Crippen LogP contribution in [0.25, 0.3) is 0 Å². The van der Waals surface area contributed by atoms with Crippen molar-refractivity contribution in [3.05, 3.63) is 35.9 Å². The predicted molar refractivity (Wildman–Crippen MR) is 79.2 cm³/mol. The Balaban J connectivity index is 2.17. The van der Waals surface area contributed by atoms with Crippen LogP contribution in [0.15, 0.2) is 30.3 Å². The van der Waals surface area contributed by atoms with Crippen molar-refractivity contribution in [2.45, 2.75) is 49.5 Å². The third kappa shape index (κ3) is 3.25. The Bertz CT molecular complexity index is 477. The molecule has 0 spiro atoms. The van der Waals surface area contributed by atoms with E-state index in [1.807, 2.05) is 19.9 Å². The van der Waals surface area contributed by atoms with Gasteiger partial charge >= 0.3 is 0 Å². The Hall–Kier alpha value is -1.14. The molecule has 4 unspecified atom stereocenters. The van der Waals surface area contributed by atoms with Gasteiger partial charge in [0.1, 0.15) is 0 Å². The van der Waals surface area contributed by atoms with Crippen molar-refractivity contribution >= 4 is 10.8 Å². The third-order valence-corrected chi connectivity index (χ3v) is 6.04. The van der Waals surface area contributed by atoms with E-state index in [-0.39, 0.29) is 16.4 Å². The highest BCUT2D eigenvalue weighted by Gasteiger charge is 2.35. The molecule has 19 heavy (non-hydrogen) atoms. The molecule has 0 saturated heterocycles. The highest BCUT2D eigenvalue weighted by atomic mass is 32.2. The maximum absolute atomic E-state index is 12.4. The van der Waals surface area contributed by atoms with Crippen LogP contribution in [-0.4, -0.2) is 14.7 Å². The second-order valence-electron chi connectivity index (χ2n) is 5.57. The van der Waals surface area contributed by atoms with Gasteiger partial charge in [0.15, 0.2) is 0 Å². The topological polar surface area (TPSA) is 40.9 Å². The summed E-state index contributed by atoms with van der Waals surface area (Å²) in [6.45, 7) is 3.97. The van der Waals surface area contributed by atoms with Crippen LogP contribution in [0, 0.1) is 17.2 Å². The first-order valence-electron chi connectivity index (χ1n) is 6.97. The van der Waals surface area contributed by atoms with E-state index in [0.29, 0.717) is 5.92 Å². The first-order valence-corrected chi connectivity index (χ1v) is 8.25. The smallest absolute Gasteiger partial charge is 0.0668 e. The molecule has 1 saturated carbocycles. The zero-order valence-electron chi connectivity index (χ0n) is 11.6. The number of rotatable bonds is 3. The molecule has 0 aliphatic heterocycles. The Morgan fingerprint density at radius 1 is 1.26 bits per heavy atom. The highest BCUT2D eigenvalue weighted by Crippen LogP contribution is 2.38. The second-order valence-corrected chi connectivity index (χ2v) is 7.78. The van der Waals surface area contributed by atoms with Gasteiger partial charge in [-0.3, -0.25) is 4.21 Å². The fourth-order valence-corrected chi connectivity index (χ4v) is 4.55. The summed E-state index contributed by atoms with van der Waals surface area (Å²) in [7, 11) is -0.905. The summed E-state index contributed by atoms with van der Waals surface area (Å²) < 4.78 is 12.4. The molecule has 0 bridgehead atoms. The van der Waals surface area contributed by atoms with E-state index in [0.717, 1.165) is 19.3 Å². The Morgan fingerprint density at radius 3 is 2.53 bits per heavy atom. The minimum atomic E-state index is -0.905. The van der Waals surface area contributed by atoms with E-state index >= 15 is 0 Å². The lowest BCUT2D eigenvalue weighted by Crippen LogP contribution is -2.34. The molecule has 2 rings (SSSR count). The molecular formula is C16H21NOS. The van der Waals surface area contributed by atoms with Gasteiger partial charge < -0.3 is 0 Å². The van der Waals surface area contributed by atoms with Crippen molar-refractivity contribution < 1.29 is 4.21 Å². The summed E-state index contributed by atoms with van der Waals surface area (Å²) in [5, 5.41) is 9.43. The normalized spacial score (nSPS) is 28.8. The van der Waals surface area contributed by atoms with Crippen molar-refractivity contribution in [3.8, 4) is 6.07 Å². The van der Waals surface area contributed by atoms with E-state index in [4.69, 9.17) is 0 Å². The van der Waals surface area contributed by atoms with E-state index in [2.05, 4.69) is 30.3 Å². The van der Waals surface area contributed by atoms with Gasteiger partial charge in [0.2, 0.25) is 0 Å². The zero-order valence-corrected chi connectivity index (χ0v) is 12.4. The van der Waals surface area contributed by atoms with E-state index in [1.54, 1.807) is 0 Å². The fourth-order valence-electron chi connectivity index (χ4n) is 2.91. The van der Waals surface area contributed by atoms with E-state index < -0.39 is 10.8 Å². The summed E-state index contributed by atoms with van der Waals surface area (Å²) in [4.78, 5) is 0. The summed E-state index contributed by atoms with van der Waals surface area (Å²) in [6.07, 6.45) is 2.79. The monoisotopic (exact) mass is 275 g/mol. The molecule has 1 aliphatic rings. The molecule has 0 heterocycles. The second kappa shape index (κ2) is 6.34. The summed E-state index contributed by atoms with van der Waals surface area (Å²) >= 11 is 0. The molecule has 3 heteroatoms. The highest BCUT2D eigenvalue weighted by molar-refractivity contribution is 7.86. The van der Waals surface area contributed by atoms with Gasteiger partial charge in [-0.25, -0.2) is 0 Å². The molecule has 0 radical (unpaired) electrons. The van der Waals surface area contributed by atoms with Gasteiger partial charge in [-0.1, -0.05) is 44.2 Å². The van der Waals surface area contributed by atoms with Crippen molar-refractivity contribution in [1.29, 1.82) is 5.26 Å². The number of hydrogen-bond acceptors (Lipinski definition) is 2. The fraction of sp³-hybridized carbons (Fsp3) is 0.562. The first-order chi connectivity index (χ1) is 9.13. The van der Waals surface area contributed by atoms with Gasteiger partial charge in [-0.15, -0.1) is 0 Å². The average molecular weight is 275 g/mol. The summed E-state index contributed by atoms with van der Waals surface area (Å²) in [5.41, 5.74) is 1.32. The van der Waals surface area contributed by atoms with Crippen LogP contribution in [0.2, 0.25) is 0 Å². The maximum atomic E-state index is 12.4. The lowest BCUT2D eigenvalue weighted by molar-refractivity contribution is 0.386. The van der Waals surface area contributed by atoms with Crippen molar-refractivity contribution in [2.24, 2.45) is 5.92 Å². The minimum Gasteiger partial charge on any atom is -0.259 e. The molecule has 102 valence electrons. The van der Waals surface area contributed by atoms with Crippen LogP contribution in [0.5, 0.6) is 0 Å². The van der Waals surface area contributed by atoms with E-state index in [9.17, 15) is 9.47 Å². The van der Waals surface area contributed by atoms with Gasteiger partial charge in [-0.05, 0) is 30.7 Å². The number of benzene rings is 1. The number of hydrogen-bond donors (Lipinski definition) is 0. The molecule has 0 aromatic heterocycles. The molecule has 0 amide bonds. The van der Waals surface area contributed by atoms with E-state index in [1.165, 1.54) is 5.56 Å². The largest absolute Gasteiger partial charge is 0.259 e. The van der Waals surface area contributed by atoms with Crippen LogP contribution < -0.4 is 0 Å². The van der Waals surface area contributed by atoms with Gasteiger partial charge in [0, 0.05) is 16.0 Å². The molecule has 1 aliphatic carbocycles. The molecule has 2 nitrogen and oxygen atoms in total. The maximum Gasteiger partial charge on any atom is 0.0668 e. The quantitative estimate of drug-likeness (QED) is 0.845. The SMILES string of the molecule is CC(C)S(=O)C1CC(c2ccccc2)CCC1C#N. The standard InChI is InChI=1S/C16H21NOS/c1-12(2)19(18)16-10-14(8-9-15(16)11-17)13-6-4-3-5-7-13/h3-7,12,14-16H,8-10H2,1-2H3. The molecular weight excluding hydrogens is 254 g/mol. The van der Waals surface area contributed by atoms with Crippen molar-refractivity contribution in [2.75, 3.05) is 0 Å². The van der Waals surface area contributed by atoms with Crippen LogP contribution in [-0.2, 0) is 10.8 Å². The summed E-state index contributed by atoms with van der Waals surface area (Å²) in [6, 6.07) is 12.8. The van der Waals surface area contributed by atoms with Crippen LogP contribution in [0.3, 0.4) is 0 Å². The minimum absolute atomic E-state index is 0.0314. The van der Waals surface area contributed by atoms with Gasteiger partial charge in [0.25, 0.3) is 0 Å². The lowest BCUT2D eigenvalue weighted by atomic mass is 9.79. The van der Waals surface area contributed by atoms with Gasteiger partial charge in [0.05, 0.1) is 17.2 Å². The van der Waals surface area contributed by atoms with Crippen LogP contribution in [0.1, 0.15) is 44.6 Å². The summed E-state index contributed by atoms with van der Waals surface area (Å²) in [5.74, 6) is 0.418. The van der Waals surface area contributed by atoms with Crippen molar-refractivity contribution in [1.82, 2.24) is 0 Å². The van der Waals surface area contributed by atoms with Crippen LogP contribution in [0.4, 0.5) is 0 Å².